The van der Waals surface area contributed by atoms with Gasteiger partial charge in [-0.05, 0) is 49.9 Å². The molecule has 0 spiro atoms. The summed E-state index contributed by atoms with van der Waals surface area (Å²) >= 11 is 0. The molecule has 0 heterocycles. The lowest BCUT2D eigenvalue weighted by molar-refractivity contribution is -0.122. The van der Waals surface area contributed by atoms with Crippen LogP contribution in [0.4, 0.5) is 5.69 Å². The van der Waals surface area contributed by atoms with Crippen molar-refractivity contribution in [3.8, 4) is 0 Å². The average Bonchev–Trinajstić information content (AvgIpc) is 2.66. The molecule has 152 valence electrons. The van der Waals surface area contributed by atoms with Crippen LogP contribution in [0.1, 0.15) is 49.9 Å². The standard InChI is InChI=1S/C22H30N2O3S/c1-6-18-10-12-19(13-11-18)17(4)23-22(25)21(7-2)24(28(5,26)27)20-14-8-16(3)9-15-20/h8-15,17,21H,6-7H2,1-5H3,(H,23,25). The highest BCUT2D eigenvalue weighted by Crippen LogP contribution is 2.24. The summed E-state index contributed by atoms with van der Waals surface area (Å²) in [5.74, 6) is -0.305. The Morgan fingerprint density at radius 1 is 1.04 bits per heavy atom. The van der Waals surface area contributed by atoms with E-state index in [4.69, 9.17) is 0 Å². The Kier molecular flexibility index (Phi) is 7.24. The Morgan fingerprint density at radius 2 is 1.61 bits per heavy atom. The molecule has 5 nitrogen and oxygen atoms in total. The maximum absolute atomic E-state index is 13.0. The summed E-state index contributed by atoms with van der Waals surface area (Å²) in [6, 6.07) is 14.2. The number of carbonyl (C=O) groups is 1. The van der Waals surface area contributed by atoms with Crippen molar-refractivity contribution in [3.05, 3.63) is 65.2 Å². The van der Waals surface area contributed by atoms with Gasteiger partial charge in [0.25, 0.3) is 0 Å². The van der Waals surface area contributed by atoms with Crippen LogP contribution in [0.5, 0.6) is 0 Å². The molecular formula is C22H30N2O3S. The molecule has 0 saturated carbocycles. The zero-order valence-corrected chi connectivity index (χ0v) is 18.1. The van der Waals surface area contributed by atoms with Gasteiger partial charge in [-0.1, -0.05) is 55.8 Å². The summed E-state index contributed by atoms with van der Waals surface area (Å²) in [7, 11) is -3.62. The lowest BCUT2D eigenvalue weighted by Crippen LogP contribution is -2.49. The second-order valence-electron chi connectivity index (χ2n) is 7.14. The van der Waals surface area contributed by atoms with Crippen LogP contribution in [0.15, 0.2) is 48.5 Å². The Labute approximate surface area is 168 Å². The van der Waals surface area contributed by atoms with Crippen LogP contribution in [0.2, 0.25) is 0 Å². The maximum Gasteiger partial charge on any atom is 0.244 e. The molecule has 0 aliphatic rings. The number of nitrogens with zero attached hydrogens (tertiary/aromatic N) is 1. The van der Waals surface area contributed by atoms with Crippen LogP contribution >= 0.6 is 0 Å². The third-order valence-electron chi connectivity index (χ3n) is 4.86. The van der Waals surface area contributed by atoms with E-state index in [9.17, 15) is 13.2 Å². The van der Waals surface area contributed by atoms with Crippen molar-refractivity contribution in [1.29, 1.82) is 0 Å². The molecule has 2 rings (SSSR count). The summed E-state index contributed by atoms with van der Waals surface area (Å²) < 4.78 is 26.2. The summed E-state index contributed by atoms with van der Waals surface area (Å²) in [6.07, 6.45) is 2.46. The number of benzene rings is 2. The second-order valence-corrected chi connectivity index (χ2v) is 9.00. The quantitative estimate of drug-likeness (QED) is 0.726. The van der Waals surface area contributed by atoms with E-state index in [1.807, 2.05) is 57.2 Å². The fraction of sp³-hybridized carbons (Fsp3) is 0.409. The molecule has 2 atom stereocenters. The molecule has 6 heteroatoms. The normalized spacial score (nSPS) is 13.6. The van der Waals surface area contributed by atoms with Crippen LogP contribution in [-0.2, 0) is 21.2 Å². The summed E-state index contributed by atoms with van der Waals surface area (Å²) in [5, 5.41) is 2.97. The fourth-order valence-corrected chi connectivity index (χ4v) is 4.40. The molecule has 1 N–H and O–H groups in total. The summed E-state index contributed by atoms with van der Waals surface area (Å²) in [5.41, 5.74) is 3.74. The molecule has 0 aliphatic heterocycles. The number of hydrogen-bond acceptors (Lipinski definition) is 3. The van der Waals surface area contributed by atoms with E-state index in [0.29, 0.717) is 12.1 Å². The molecule has 2 aromatic rings. The van der Waals surface area contributed by atoms with E-state index in [2.05, 4.69) is 12.2 Å². The zero-order chi connectivity index (χ0) is 20.9. The molecule has 0 fully saturated rings. The van der Waals surface area contributed by atoms with Crippen LogP contribution in [0.3, 0.4) is 0 Å². The summed E-state index contributed by atoms with van der Waals surface area (Å²) in [6.45, 7) is 7.75. The third-order valence-corrected chi connectivity index (χ3v) is 6.04. The Hall–Kier alpha value is -2.34. The number of carbonyl (C=O) groups excluding carboxylic acids is 1. The molecule has 28 heavy (non-hydrogen) atoms. The van der Waals surface area contributed by atoms with Gasteiger partial charge in [0.15, 0.2) is 0 Å². The van der Waals surface area contributed by atoms with Gasteiger partial charge < -0.3 is 5.32 Å². The molecule has 0 aromatic heterocycles. The number of aryl methyl sites for hydroxylation is 2. The van der Waals surface area contributed by atoms with Crippen LogP contribution in [0.25, 0.3) is 0 Å². The van der Waals surface area contributed by atoms with Gasteiger partial charge in [-0.2, -0.15) is 0 Å². The van der Waals surface area contributed by atoms with Crippen molar-refractivity contribution in [2.24, 2.45) is 0 Å². The van der Waals surface area contributed by atoms with Crippen LogP contribution < -0.4 is 9.62 Å². The van der Waals surface area contributed by atoms with Crippen molar-refractivity contribution in [1.82, 2.24) is 5.32 Å². The average molecular weight is 403 g/mol. The number of rotatable bonds is 8. The second kappa shape index (κ2) is 9.24. The van der Waals surface area contributed by atoms with E-state index in [0.717, 1.165) is 23.8 Å². The van der Waals surface area contributed by atoms with Gasteiger partial charge in [-0.3, -0.25) is 9.10 Å². The zero-order valence-electron chi connectivity index (χ0n) is 17.3. The van der Waals surface area contributed by atoms with Gasteiger partial charge >= 0.3 is 0 Å². The molecule has 2 aromatic carbocycles. The highest BCUT2D eigenvalue weighted by atomic mass is 32.2. The maximum atomic E-state index is 13.0. The molecule has 0 saturated heterocycles. The monoisotopic (exact) mass is 402 g/mol. The number of anilines is 1. The minimum Gasteiger partial charge on any atom is -0.348 e. The van der Waals surface area contributed by atoms with E-state index in [-0.39, 0.29) is 11.9 Å². The van der Waals surface area contributed by atoms with Crippen molar-refractivity contribution in [3.63, 3.8) is 0 Å². The van der Waals surface area contributed by atoms with Gasteiger partial charge in [0.2, 0.25) is 15.9 Å². The highest BCUT2D eigenvalue weighted by molar-refractivity contribution is 7.92. The van der Waals surface area contributed by atoms with E-state index < -0.39 is 16.1 Å². The van der Waals surface area contributed by atoms with E-state index in [1.54, 1.807) is 12.1 Å². The van der Waals surface area contributed by atoms with Crippen molar-refractivity contribution in [2.75, 3.05) is 10.6 Å². The van der Waals surface area contributed by atoms with Crippen LogP contribution in [0, 0.1) is 6.92 Å². The molecule has 0 radical (unpaired) electrons. The SMILES string of the molecule is CCc1ccc(C(C)NC(=O)C(CC)N(c2ccc(C)cc2)S(C)(=O)=O)cc1. The first kappa shape index (κ1) is 22.0. The summed E-state index contributed by atoms with van der Waals surface area (Å²) in [4.78, 5) is 13.0. The first-order valence-electron chi connectivity index (χ1n) is 9.62. The van der Waals surface area contributed by atoms with Gasteiger partial charge in [-0.15, -0.1) is 0 Å². The Morgan fingerprint density at radius 3 is 2.07 bits per heavy atom. The van der Waals surface area contributed by atoms with Crippen molar-refractivity contribution < 1.29 is 13.2 Å². The minimum atomic E-state index is -3.62. The number of sulfonamides is 1. The lowest BCUT2D eigenvalue weighted by atomic mass is 10.0. The predicted molar refractivity (Wildman–Crippen MR) is 115 cm³/mol. The van der Waals surface area contributed by atoms with Gasteiger partial charge in [0.05, 0.1) is 18.0 Å². The van der Waals surface area contributed by atoms with Gasteiger partial charge in [0.1, 0.15) is 6.04 Å². The minimum absolute atomic E-state index is 0.216. The smallest absolute Gasteiger partial charge is 0.244 e. The Balaban J connectivity index is 2.26. The third kappa shape index (κ3) is 5.35. The molecule has 2 unspecified atom stereocenters. The topological polar surface area (TPSA) is 66.5 Å². The van der Waals surface area contributed by atoms with E-state index >= 15 is 0 Å². The molecule has 0 bridgehead atoms. The highest BCUT2D eigenvalue weighted by Gasteiger charge is 2.32. The van der Waals surface area contributed by atoms with E-state index in [1.165, 1.54) is 9.87 Å². The predicted octanol–water partition coefficient (Wildman–Crippen LogP) is 3.98. The first-order valence-corrected chi connectivity index (χ1v) is 11.5. The lowest BCUT2D eigenvalue weighted by Gasteiger charge is -2.31. The number of hydrogen-bond donors (Lipinski definition) is 1. The van der Waals surface area contributed by atoms with Gasteiger partial charge in [-0.25, -0.2) is 8.42 Å². The molecular weight excluding hydrogens is 372 g/mol. The molecule has 0 aliphatic carbocycles. The largest absolute Gasteiger partial charge is 0.348 e. The molecule has 1 amide bonds. The Bertz CT molecular complexity index is 890. The first-order chi connectivity index (χ1) is 13.2. The number of nitrogens with one attached hydrogen (secondary N) is 1. The van der Waals surface area contributed by atoms with Crippen LogP contribution in [-0.4, -0.2) is 26.6 Å². The fourth-order valence-electron chi connectivity index (χ4n) is 3.19. The number of amides is 1. The van der Waals surface area contributed by atoms with Gasteiger partial charge in [0, 0.05) is 0 Å². The van der Waals surface area contributed by atoms with Crippen molar-refractivity contribution >= 4 is 21.6 Å². The van der Waals surface area contributed by atoms with Crippen molar-refractivity contribution in [2.45, 2.75) is 52.6 Å².